The first-order valence-corrected chi connectivity index (χ1v) is 15.9. The molecule has 2 aromatic rings. The van der Waals surface area contributed by atoms with E-state index in [0.29, 0.717) is 0 Å². The maximum atomic E-state index is 6.88. The van der Waals surface area contributed by atoms with Crippen LogP contribution in [0.2, 0.25) is 26.2 Å². The Morgan fingerprint density at radius 2 is 1.04 bits per heavy atom. The second kappa shape index (κ2) is 9.80. The standard InChI is InChI=1S/C22H36N2OSi2/c1-26(2,3)25-27(4,21-13-9-19(10-14-21)7-5-17-23)22-15-11-20(12-16-22)8-6-18-24/h9-16H,5-8,17-18,23-24H2,1-4H3. The minimum Gasteiger partial charge on any atom is -0.449 e. The van der Waals surface area contributed by atoms with E-state index in [-0.39, 0.29) is 0 Å². The molecule has 0 radical (unpaired) electrons. The predicted octanol–water partition coefficient (Wildman–Crippen LogP) is 3.01. The normalized spacial score (nSPS) is 12.4. The molecule has 148 valence electrons. The van der Waals surface area contributed by atoms with Crippen molar-refractivity contribution >= 4 is 27.0 Å². The average molecular weight is 401 g/mol. The van der Waals surface area contributed by atoms with Crippen molar-refractivity contribution in [2.24, 2.45) is 11.5 Å². The molecule has 0 heterocycles. The summed E-state index contributed by atoms with van der Waals surface area (Å²) in [4.78, 5) is 0. The van der Waals surface area contributed by atoms with Crippen molar-refractivity contribution in [3.05, 3.63) is 59.7 Å². The third-order valence-corrected chi connectivity index (χ3v) is 11.8. The molecular weight excluding hydrogens is 364 g/mol. The van der Waals surface area contributed by atoms with Gasteiger partial charge >= 0.3 is 0 Å². The molecule has 0 spiro atoms. The Kier molecular flexibility index (Phi) is 8.00. The molecule has 0 saturated carbocycles. The molecule has 0 atom stereocenters. The Morgan fingerprint density at radius 1 is 0.667 bits per heavy atom. The third kappa shape index (κ3) is 6.40. The molecule has 0 fully saturated rings. The molecule has 2 rings (SSSR count). The van der Waals surface area contributed by atoms with Gasteiger partial charge in [-0.2, -0.15) is 0 Å². The van der Waals surface area contributed by atoms with Crippen LogP contribution in [0.5, 0.6) is 0 Å². The Labute approximate surface area is 167 Å². The Bertz CT molecular complexity index is 642. The first-order chi connectivity index (χ1) is 12.8. The van der Waals surface area contributed by atoms with Crippen molar-refractivity contribution < 1.29 is 4.12 Å². The molecule has 0 aliphatic rings. The summed E-state index contributed by atoms with van der Waals surface area (Å²) in [6, 6.07) is 18.1. The summed E-state index contributed by atoms with van der Waals surface area (Å²) in [5, 5.41) is 2.69. The first-order valence-electron chi connectivity index (χ1n) is 10.1. The molecule has 0 amide bonds. The summed E-state index contributed by atoms with van der Waals surface area (Å²) in [7, 11) is -3.93. The van der Waals surface area contributed by atoms with E-state index in [9.17, 15) is 0 Å². The molecule has 0 aromatic heterocycles. The zero-order chi connectivity index (χ0) is 19.9. The van der Waals surface area contributed by atoms with Crippen LogP contribution in [0.15, 0.2) is 48.5 Å². The maximum Gasteiger partial charge on any atom is 0.241 e. The predicted molar refractivity (Wildman–Crippen MR) is 123 cm³/mol. The molecule has 0 bridgehead atoms. The Balaban J connectivity index is 2.34. The van der Waals surface area contributed by atoms with Gasteiger partial charge in [-0.15, -0.1) is 0 Å². The van der Waals surface area contributed by atoms with Gasteiger partial charge in [0.15, 0.2) is 8.32 Å². The van der Waals surface area contributed by atoms with Gasteiger partial charge in [0.25, 0.3) is 0 Å². The molecule has 5 heteroatoms. The van der Waals surface area contributed by atoms with Crippen LogP contribution in [0.25, 0.3) is 0 Å². The number of benzene rings is 2. The minimum atomic E-state index is -2.23. The van der Waals surface area contributed by atoms with Crippen LogP contribution in [0, 0.1) is 0 Å². The maximum absolute atomic E-state index is 6.88. The highest BCUT2D eigenvalue weighted by molar-refractivity contribution is 7.01. The van der Waals surface area contributed by atoms with Gasteiger partial charge in [0, 0.05) is 0 Å². The molecule has 4 N–H and O–H groups in total. The zero-order valence-corrected chi connectivity index (χ0v) is 19.4. The van der Waals surface area contributed by atoms with E-state index in [1.165, 1.54) is 21.5 Å². The van der Waals surface area contributed by atoms with Crippen molar-refractivity contribution in [1.29, 1.82) is 0 Å². The summed E-state index contributed by atoms with van der Waals surface area (Å²) in [6.45, 7) is 10.7. The van der Waals surface area contributed by atoms with E-state index >= 15 is 0 Å². The lowest BCUT2D eigenvalue weighted by molar-refractivity contribution is 0.572. The zero-order valence-electron chi connectivity index (χ0n) is 17.4. The fraction of sp³-hybridized carbons (Fsp3) is 0.455. The van der Waals surface area contributed by atoms with E-state index in [0.717, 1.165) is 38.8 Å². The Morgan fingerprint density at radius 3 is 1.33 bits per heavy atom. The molecule has 2 aromatic carbocycles. The SMILES string of the molecule is C[Si](C)(C)O[Si](C)(c1ccc(CCCN)cc1)c1ccc(CCCN)cc1. The number of nitrogens with two attached hydrogens (primary N) is 2. The molecule has 0 aliphatic carbocycles. The van der Waals surface area contributed by atoms with Crippen LogP contribution in [-0.4, -0.2) is 29.7 Å². The van der Waals surface area contributed by atoms with Gasteiger partial charge in [0.2, 0.25) is 8.32 Å². The summed E-state index contributed by atoms with van der Waals surface area (Å²) in [5.41, 5.74) is 14.0. The van der Waals surface area contributed by atoms with Gasteiger partial charge in [0.1, 0.15) is 0 Å². The third-order valence-electron chi connectivity index (χ3n) is 4.86. The van der Waals surface area contributed by atoms with Gasteiger partial charge in [0.05, 0.1) is 0 Å². The van der Waals surface area contributed by atoms with Gasteiger partial charge in [-0.25, -0.2) is 0 Å². The van der Waals surface area contributed by atoms with E-state index in [1.54, 1.807) is 0 Å². The quantitative estimate of drug-likeness (QED) is 0.603. The Hall–Kier alpha value is -1.25. The van der Waals surface area contributed by atoms with E-state index in [1.807, 2.05) is 0 Å². The van der Waals surface area contributed by atoms with Crippen LogP contribution < -0.4 is 21.8 Å². The van der Waals surface area contributed by atoms with Crippen LogP contribution in [0.3, 0.4) is 0 Å². The molecule has 0 aliphatic heterocycles. The molecule has 0 saturated heterocycles. The minimum absolute atomic E-state index is 0.740. The highest BCUT2D eigenvalue weighted by Gasteiger charge is 2.38. The average Bonchev–Trinajstić information content (AvgIpc) is 2.64. The van der Waals surface area contributed by atoms with Crippen LogP contribution >= 0.6 is 0 Å². The summed E-state index contributed by atoms with van der Waals surface area (Å²) in [6.07, 6.45) is 4.15. The van der Waals surface area contributed by atoms with Crippen LogP contribution in [0.4, 0.5) is 0 Å². The fourth-order valence-electron chi connectivity index (χ4n) is 3.49. The highest BCUT2D eigenvalue weighted by atomic mass is 28.4. The summed E-state index contributed by atoms with van der Waals surface area (Å²) < 4.78 is 6.88. The number of rotatable bonds is 10. The summed E-state index contributed by atoms with van der Waals surface area (Å²) >= 11 is 0. The second-order valence-electron chi connectivity index (χ2n) is 8.43. The van der Waals surface area contributed by atoms with Crippen molar-refractivity contribution in [2.45, 2.75) is 51.9 Å². The van der Waals surface area contributed by atoms with E-state index < -0.39 is 16.6 Å². The van der Waals surface area contributed by atoms with Gasteiger partial charge < -0.3 is 15.6 Å². The smallest absolute Gasteiger partial charge is 0.241 e. The molecule has 27 heavy (non-hydrogen) atoms. The van der Waals surface area contributed by atoms with Gasteiger partial charge in [-0.05, 0) is 86.5 Å². The van der Waals surface area contributed by atoms with E-state index in [2.05, 4.69) is 74.7 Å². The monoisotopic (exact) mass is 400 g/mol. The lowest BCUT2D eigenvalue weighted by Gasteiger charge is -2.35. The number of hydrogen-bond acceptors (Lipinski definition) is 3. The number of aryl methyl sites for hydroxylation is 2. The molecular formula is C22H36N2OSi2. The van der Waals surface area contributed by atoms with Crippen LogP contribution in [-0.2, 0) is 17.0 Å². The molecule has 0 unspecified atom stereocenters. The van der Waals surface area contributed by atoms with Gasteiger partial charge in [-0.1, -0.05) is 48.5 Å². The van der Waals surface area contributed by atoms with Crippen molar-refractivity contribution in [1.82, 2.24) is 0 Å². The van der Waals surface area contributed by atoms with Crippen LogP contribution in [0.1, 0.15) is 24.0 Å². The number of hydrogen-bond donors (Lipinski definition) is 2. The van der Waals surface area contributed by atoms with Gasteiger partial charge in [-0.3, -0.25) is 0 Å². The fourth-order valence-corrected chi connectivity index (χ4v) is 11.3. The van der Waals surface area contributed by atoms with Crippen molar-refractivity contribution in [3.8, 4) is 0 Å². The van der Waals surface area contributed by atoms with Crippen molar-refractivity contribution in [2.75, 3.05) is 13.1 Å². The van der Waals surface area contributed by atoms with Crippen molar-refractivity contribution in [3.63, 3.8) is 0 Å². The first kappa shape index (κ1) is 22.0. The summed E-state index contributed by atoms with van der Waals surface area (Å²) in [5.74, 6) is 0. The second-order valence-corrected chi connectivity index (χ2v) is 16.7. The van der Waals surface area contributed by atoms with E-state index in [4.69, 9.17) is 15.6 Å². The largest absolute Gasteiger partial charge is 0.449 e. The topological polar surface area (TPSA) is 61.3 Å². The lowest BCUT2D eigenvalue weighted by Crippen LogP contribution is -2.62. The molecule has 3 nitrogen and oxygen atoms in total. The highest BCUT2D eigenvalue weighted by Crippen LogP contribution is 2.17. The lowest BCUT2D eigenvalue weighted by atomic mass is 10.1.